The molecule has 0 aromatic heterocycles. The molecule has 0 spiro atoms. The minimum absolute atomic E-state index is 0.0295. The van der Waals surface area contributed by atoms with Crippen molar-refractivity contribution in [1.29, 1.82) is 0 Å². The first kappa shape index (κ1) is 27.5. The van der Waals surface area contributed by atoms with Crippen molar-refractivity contribution in [1.82, 2.24) is 9.73 Å². The van der Waals surface area contributed by atoms with Crippen molar-refractivity contribution >= 4 is 22.1 Å². The highest BCUT2D eigenvalue weighted by Crippen LogP contribution is 2.30. The monoisotopic (exact) mass is 527 g/mol. The Balaban J connectivity index is 1.79. The second-order valence-electron chi connectivity index (χ2n) is 7.82. The Morgan fingerprint density at radius 1 is 0.946 bits per heavy atom. The Hall–Kier alpha value is -4.09. The summed E-state index contributed by atoms with van der Waals surface area (Å²) in [5, 5.41) is 13.6. The largest absolute Gasteiger partial charge is 0.504 e. The van der Waals surface area contributed by atoms with Crippen molar-refractivity contribution < 1.29 is 32.5 Å². The standard InChI is InChI=1S/C26H29N3O7S/c1-34-23-12-10-21(16-25(23)36-3)37(32,33)29(14-13-19-7-5-4-6-8-19)18-26(31)28-27-17-20-9-11-22(30)24(15-20)35-2/h4-12,15-17,30H,13-14,18H2,1-3H3,(H,28,31)/b27-17-. The van der Waals surface area contributed by atoms with Crippen LogP contribution in [0, 0.1) is 0 Å². The van der Waals surface area contributed by atoms with Crippen molar-refractivity contribution in [3.8, 4) is 23.0 Å². The molecule has 0 heterocycles. The van der Waals surface area contributed by atoms with Crippen molar-refractivity contribution in [2.75, 3.05) is 34.4 Å². The topological polar surface area (TPSA) is 127 Å². The number of sulfonamides is 1. The molecule has 1 amide bonds. The quantitative estimate of drug-likeness (QED) is 0.274. The maximum Gasteiger partial charge on any atom is 0.255 e. The molecule has 0 aliphatic carbocycles. The number of ether oxygens (including phenoxy) is 3. The summed E-state index contributed by atoms with van der Waals surface area (Å²) < 4.78 is 43.7. The second-order valence-corrected chi connectivity index (χ2v) is 9.75. The first-order chi connectivity index (χ1) is 17.8. The highest BCUT2D eigenvalue weighted by Gasteiger charge is 2.27. The number of methoxy groups -OCH3 is 3. The van der Waals surface area contributed by atoms with E-state index in [-0.39, 0.29) is 28.7 Å². The van der Waals surface area contributed by atoms with E-state index in [1.807, 2.05) is 30.3 Å². The van der Waals surface area contributed by atoms with E-state index < -0.39 is 22.5 Å². The van der Waals surface area contributed by atoms with Crippen LogP contribution in [0.3, 0.4) is 0 Å². The summed E-state index contributed by atoms with van der Waals surface area (Å²) in [6.07, 6.45) is 1.76. The fourth-order valence-corrected chi connectivity index (χ4v) is 4.87. The lowest BCUT2D eigenvalue weighted by Gasteiger charge is -2.22. The van der Waals surface area contributed by atoms with Crippen molar-refractivity contribution in [3.05, 3.63) is 77.9 Å². The Morgan fingerprint density at radius 3 is 2.32 bits per heavy atom. The van der Waals surface area contributed by atoms with E-state index in [1.54, 1.807) is 12.1 Å². The van der Waals surface area contributed by atoms with Crippen molar-refractivity contribution in [2.45, 2.75) is 11.3 Å². The van der Waals surface area contributed by atoms with E-state index >= 15 is 0 Å². The highest BCUT2D eigenvalue weighted by atomic mass is 32.2. The van der Waals surface area contributed by atoms with Crippen LogP contribution in [0.5, 0.6) is 23.0 Å². The number of phenolic OH excluding ortho intramolecular Hbond substituents is 1. The average Bonchev–Trinajstić information content (AvgIpc) is 2.91. The van der Waals surface area contributed by atoms with Gasteiger partial charge < -0.3 is 19.3 Å². The molecule has 2 N–H and O–H groups in total. The number of carbonyl (C=O) groups is 1. The molecule has 0 bridgehead atoms. The molecule has 0 fully saturated rings. The zero-order valence-corrected chi connectivity index (χ0v) is 21.6. The molecule has 3 aromatic carbocycles. The fourth-order valence-electron chi connectivity index (χ4n) is 3.46. The Bertz CT molecular complexity index is 1350. The van der Waals surface area contributed by atoms with Gasteiger partial charge in [0.15, 0.2) is 23.0 Å². The fraction of sp³-hybridized carbons (Fsp3) is 0.231. The molecular weight excluding hydrogens is 498 g/mol. The minimum atomic E-state index is -4.07. The number of phenols is 1. The van der Waals surface area contributed by atoms with Crippen LogP contribution in [-0.2, 0) is 21.2 Å². The number of carbonyl (C=O) groups excluding carboxylic acids is 1. The molecule has 11 heteroatoms. The third-order valence-electron chi connectivity index (χ3n) is 5.41. The Morgan fingerprint density at radius 2 is 1.65 bits per heavy atom. The molecule has 0 aliphatic heterocycles. The van der Waals surface area contributed by atoms with Crippen LogP contribution in [0.4, 0.5) is 0 Å². The maximum atomic E-state index is 13.5. The highest BCUT2D eigenvalue weighted by molar-refractivity contribution is 7.89. The molecule has 37 heavy (non-hydrogen) atoms. The van der Waals surface area contributed by atoms with Gasteiger partial charge in [-0.05, 0) is 47.9 Å². The van der Waals surface area contributed by atoms with Crippen LogP contribution < -0.4 is 19.6 Å². The molecule has 3 aromatic rings. The summed E-state index contributed by atoms with van der Waals surface area (Å²) in [6.45, 7) is -0.396. The third kappa shape index (κ3) is 7.21. The summed E-state index contributed by atoms with van der Waals surface area (Å²) >= 11 is 0. The Labute approximate surface area is 216 Å². The zero-order valence-electron chi connectivity index (χ0n) is 20.7. The van der Waals surface area contributed by atoms with Crippen molar-refractivity contribution in [2.24, 2.45) is 5.10 Å². The van der Waals surface area contributed by atoms with Gasteiger partial charge in [0.05, 0.1) is 39.0 Å². The molecule has 0 aliphatic rings. The number of nitrogens with zero attached hydrogens (tertiary/aromatic N) is 2. The summed E-state index contributed by atoms with van der Waals surface area (Å²) in [4.78, 5) is 12.7. The SMILES string of the molecule is COc1cc(/C=N\NC(=O)CN(CCc2ccccc2)S(=O)(=O)c2ccc(OC)c(OC)c2)ccc1O. The smallest absolute Gasteiger partial charge is 0.255 e. The first-order valence-corrected chi connectivity index (χ1v) is 12.7. The lowest BCUT2D eigenvalue weighted by Crippen LogP contribution is -2.40. The van der Waals surface area contributed by atoms with Crippen LogP contribution in [-0.4, -0.2) is 64.4 Å². The van der Waals surface area contributed by atoms with E-state index in [2.05, 4.69) is 10.5 Å². The lowest BCUT2D eigenvalue weighted by molar-refractivity contribution is -0.121. The van der Waals surface area contributed by atoms with Gasteiger partial charge in [-0.2, -0.15) is 9.41 Å². The minimum Gasteiger partial charge on any atom is -0.504 e. The van der Waals surface area contributed by atoms with Crippen molar-refractivity contribution in [3.63, 3.8) is 0 Å². The molecule has 0 radical (unpaired) electrons. The molecule has 0 saturated carbocycles. The van der Waals surface area contributed by atoms with E-state index in [0.29, 0.717) is 17.7 Å². The number of hydrazone groups is 1. The molecular formula is C26H29N3O7S. The van der Waals surface area contributed by atoms with Crippen LogP contribution in [0.25, 0.3) is 0 Å². The van der Waals surface area contributed by atoms with E-state index in [1.165, 1.54) is 51.8 Å². The predicted octanol–water partition coefficient (Wildman–Crippen LogP) is 2.80. The number of nitrogens with one attached hydrogen (secondary N) is 1. The van der Waals surface area contributed by atoms with Gasteiger partial charge in [-0.25, -0.2) is 13.8 Å². The summed E-state index contributed by atoms with van der Waals surface area (Å²) in [6, 6.07) is 18.2. The number of rotatable bonds is 12. The summed E-state index contributed by atoms with van der Waals surface area (Å²) in [5.41, 5.74) is 3.84. The number of hydrogen-bond acceptors (Lipinski definition) is 8. The molecule has 0 saturated heterocycles. The van der Waals surface area contributed by atoms with Gasteiger partial charge in [0, 0.05) is 12.6 Å². The molecule has 0 unspecified atom stereocenters. The normalized spacial score (nSPS) is 11.5. The lowest BCUT2D eigenvalue weighted by atomic mass is 10.1. The van der Waals surface area contributed by atoms with E-state index in [4.69, 9.17) is 14.2 Å². The zero-order chi connectivity index (χ0) is 26.8. The summed E-state index contributed by atoms with van der Waals surface area (Å²) in [7, 11) is 0.212. The third-order valence-corrected chi connectivity index (χ3v) is 7.25. The Kier molecular flexibility index (Phi) is 9.47. The average molecular weight is 528 g/mol. The molecule has 3 rings (SSSR count). The first-order valence-electron chi connectivity index (χ1n) is 11.2. The van der Waals surface area contributed by atoms with Crippen LogP contribution in [0.2, 0.25) is 0 Å². The number of amides is 1. The van der Waals surface area contributed by atoms with Gasteiger partial charge >= 0.3 is 0 Å². The molecule has 0 atom stereocenters. The van der Waals surface area contributed by atoms with Crippen LogP contribution >= 0.6 is 0 Å². The predicted molar refractivity (Wildman–Crippen MR) is 139 cm³/mol. The number of aromatic hydroxyl groups is 1. The number of benzene rings is 3. The van der Waals surface area contributed by atoms with Crippen LogP contribution in [0.15, 0.2) is 76.7 Å². The molecule has 10 nitrogen and oxygen atoms in total. The molecule has 196 valence electrons. The van der Waals surface area contributed by atoms with Gasteiger partial charge in [-0.15, -0.1) is 0 Å². The van der Waals surface area contributed by atoms with Gasteiger partial charge in [0.1, 0.15) is 0 Å². The van der Waals surface area contributed by atoms with Crippen LogP contribution in [0.1, 0.15) is 11.1 Å². The number of hydrogen-bond donors (Lipinski definition) is 2. The van der Waals surface area contributed by atoms with Gasteiger partial charge in [0.25, 0.3) is 5.91 Å². The second kappa shape index (κ2) is 12.7. The maximum absolute atomic E-state index is 13.5. The summed E-state index contributed by atoms with van der Waals surface area (Å²) in [5.74, 6) is 0.237. The van der Waals surface area contributed by atoms with Gasteiger partial charge in [-0.3, -0.25) is 4.79 Å². The van der Waals surface area contributed by atoms with Gasteiger partial charge in [-0.1, -0.05) is 30.3 Å². The van der Waals surface area contributed by atoms with E-state index in [9.17, 15) is 18.3 Å². The van der Waals surface area contributed by atoms with E-state index in [0.717, 1.165) is 9.87 Å². The van der Waals surface area contributed by atoms with Gasteiger partial charge in [0.2, 0.25) is 10.0 Å².